The van der Waals surface area contributed by atoms with Crippen molar-refractivity contribution in [3.63, 3.8) is 0 Å². The lowest BCUT2D eigenvalue weighted by Crippen LogP contribution is -2.14. The van der Waals surface area contributed by atoms with Gasteiger partial charge in [0.05, 0.1) is 0 Å². The highest BCUT2D eigenvalue weighted by Gasteiger charge is 2.36. The summed E-state index contributed by atoms with van der Waals surface area (Å²) in [6, 6.07) is 1.53. The molecule has 1 aromatic rings. The van der Waals surface area contributed by atoms with E-state index in [9.17, 15) is 4.79 Å². The Morgan fingerprint density at radius 2 is 2.43 bits per heavy atom. The predicted molar refractivity (Wildman–Crippen MR) is 54.1 cm³/mol. The average Bonchev–Trinajstić information content (AvgIpc) is 2.82. The molecule has 1 aliphatic carbocycles. The molecule has 1 aliphatic rings. The summed E-state index contributed by atoms with van der Waals surface area (Å²) in [6.07, 6.45) is 1.81. The molecule has 0 amide bonds. The minimum absolute atomic E-state index is 0.0578. The van der Waals surface area contributed by atoms with Crippen molar-refractivity contribution in [1.29, 1.82) is 0 Å². The van der Waals surface area contributed by atoms with E-state index >= 15 is 0 Å². The summed E-state index contributed by atoms with van der Waals surface area (Å²) in [4.78, 5) is 18.5. The number of H-pyrrole nitrogens is 1. The quantitative estimate of drug-likeness (QED) is 0.729. The van der Waals surface area contributed by atoms with Crippen LogP contribution in [-0.4, -0.2) is 16.5 Å². The van der Waals surface area contributed by atoms with Crippen LogP contribution in [-0.2, 0) is 6.42 Å². The number of hydrogen-bond acceptors (Lipinski definition) is 3. The van der Waals surface area contributed by atoms with Crippen LogP contribution in [0.5, 0.6) is 0 Å². The van der Waals surface area contributed by atoms with E-state index in [0.717, 1.165) is 17.9 Å². The third kappa shape index (κ3) is 1.85. The van der Waals surface area contributed by atoms with Gasteiger partial charge in [0.1, 0.15) is 5.82 Å². The molecular formula is C10H15N3O. The van der Waals surface area contributed by atoms with Gasteiger partial charge in [0.25, 0.3) is 5.56 Å². The lowest BCUT2D eigenvalue weighted by atomic mass is 10.2. The zero-order valence-corrected chi connectivity index (χ0v) is 8.29. The molecule has 1 heterocycles. The van der Waals surface area contributed by atoms with Crippen LogP contribution in [0.1, 0.15) is 30.8 Å². The maximum Gasteiger partial charge on any atom is 0.251 e. The van der Waals surface area contributed by atoms with Gasteiger partial charge < -0.3 is 10.7 Å². The van der Waals surface area contributed by atoms with Gasteiger partial charge in [0, 0.05) is 24.1 Å². The van der Waals surface area contributed by atoms with Crippen molar-refractivity contribution in [1.82, 2.24) is 9.97 Å². The second-order valence-electron chi connectivity index (χ2n) is 3.98. The van der Waals surface area contributed by atoms with Crippen LogP contribution in [0.3, 0.4) is 0 Å². The molecule has 2 rings (SSSR count). The van der Waals surface area contributed by atoms with E-state index in [-0.39, 0.29) is 5.56 Å². The van der Waals surface area contributed by atoms with Gasteiger partial charge in [-0.15, -0.1) is 0 Å². The summed E-state index contributed by atoms with van der Waals surface area (Å²) in [7, 11) is 0. The van der Waals surface area contributed by atoms with Crippen molar-refractivity contribution in [2.45, 2.75) is 25.7 Å². The van der Waals surface area contributed by atoms with Crippen LogP contribution in [0.15, 0.2) is 10.9 Å². The number of aromatic nitrogens is 2. The van der Waals surface area contributed by atoms with Gasteiger partial charge in [0.2, 0.25) is 0 Å². The molecule has 4 nitrogen and oxygen atoms in total. The Kier molecular flexibility index (Phi) is 2.37. The Morgan fingerprint density at radius 1 is 1.71 bits per heavy atom. The van der Waals surface area contributed by atoms with E-state index in [1.165, 1.54) is 6.07 Å². The molecule has 76 valence electrons. The van der Waals surface area contributed by atoms with Crippen LogP contribution < -0.4 is 11.3 Å². The highest BCUT2D eigenvalue weighted by atomic mass is 16.1. The average molecular weight is 193 g/mol. The van der Waals surface area contributed by atoms with Gasteiger partial charge in [-0.1, -0.05) is 6.92 Å². The minimum Gasteiger partial charge on any atom is -0.330 e. The molecule has 0 aromatic carbocycles. The summed E-state index contributed by atoms with van der Waals surface area (Å²) >= 11 is 0. The largest absolute Gasteiger partial charge is 0.330 e. The van der Waals surface area contributed by atoms with Gasteiger partial charge >= 0.3 is 0 Å². The van der Waals surface area contributed by atoms with Gasteiger partial charge in [-0.05, 0) is 18.9 Å². The molecule has 4 heteroatoms. The van der Waals surface area contributed by atoms with Crippen LogP contribution in [0.4, 0.5) is 0 Å². The van der Waals surface area contributed by atoms with Gasteiger partial charge in [-0.3, -0.25) is 4.79 Å². The van der Waals surface area contributed by atoms with Crippen LogP contribution >= 0.6 is 0 Å². The predicted octanol–water partition coefficient (Wildman–Crippen LogP) is 0.395. The monoisotopic (exact) mass is 193 g/mol. The van der Waals surface area contributed by atoms with E-state index in [4.69, 9.17) is 5.73 Å². The lowest BCUT2D eigenvalue weighted by molar-refractivity contribution is 0.800. The number of aromatic amines is 1. The first kappa shape index (κ1) is 9.40. The first-order valence-electron chi connectivity index (χ1n) is 5.01. The normalized spacial score (nSPS) is 25.0. The second kappa shape index (κ2) is 3.53. The number of nitrogens with two attached hydrogens (primary N) is 1. The van der Waals surface area contributed by atoms with E-state index in [1.807, 2.05) is 0 Å². The van der Waals surface area contributed by atoms with E-state index in [1.54, 1.807) is 0 Å². The molecule has 0 radical (unpaired) electrons. The Bertz CT molecular complexity index is 385. The van der Waals surface area contributed by atoms with Crippen LogP contribution in [0.2, 0.25) is 0 Å². The van der Waals surface area contributed by atoms with E-state index in [0.29, 0.717) is 24.8 Å². The molecule has 0 aliphatic heterocycles. The standard InChI is InChI=1S/C10H15N3O/c1-6-4-8(6)10-12-7(2-3-11)5-9(14)13-10/h5-6,8H,2-4,11H2,1H3,(H,12,13,14). The summed E-state index contributed by atoms with van der Waals surface area (Å²) in [5.41, 5.74) is 6.18. The van der Waals surface area contributed by atoms with Crippen molar-refractivity contribution in [2.24, 2.45) is 11.7 Å². The molecule has 1 saturated carbocycles. The summed E-state index contributed by atoms with van der Waals surface area (Å²) in [5, 5.41) is 0. The van der Waals surface area contributed by atoms with Crippen molar-refractivity contribution in [2.75, 3.05) is 6.54 Å². The van der Waals surface area contributed by atoms with Crippen LogP contribution in [0.25, 0.3) is 0 Å². The third-order valence-electron chi connectivity index (χ3n) is 2.67. The topological polar surface area (TPSA) is 71.8 Å². The first-order chi connectivity index (χ1) is 6.70. The molecule has 14 heavy (non-hydrogen) atoms. The second-order valence-corrected chi connectivity index (χ2v) is 3.98. The fourth-order valence-electron chi connectivity index (χ4n) is 1.68. The van der Waals surface area contributed by atoms with Crippen LogP contribution in [0, 0.1) is 5.92 Å². The maximum atomic E-state index is 11.3. The number of hydrogen-bond donors (Lipinski definition) is 2. The Morgan fingerprint density at radius 3 is 3.00 bits per heavy atom. The summed E-state index contributed by atoms with van der Waals surface area (Å²) < 4.78 is 0. The molecule has 1 aromatic heterocycles. The molecule has 2 atom stereocenters. The van der Waals surface area contributed by atoms with Gasteiger partial charge in [-0.2, -0.15) is 0 Å². The van der Waals surface area contributed by atoms with E-state index in [2.05, 4.69) is 16.9 Å². The Labute approximate surface area is 82.6 Å². The summed E-state index contributed by atoms with van der Waals surface area (Å²) in [6.45, 7) is 2.70. The summed E-state index contributed by atoms with van der Waals surface area (Å²) in [5.74, 6) is 1.96. The molecule has 0 saturated heterocycles. The molecule has 0 spiro atoms. The fraction of sp³-hybridized carbons (Fsp3) is 0.600. The van der Waals surface area contributed by atoms with E-state index < -0.39 is 0 Å². The van der Waals surface area contributed by atoms with Crippen molar-refractivity contribution < 1.29 is 0 Å². The zero-order chi connectivity index (χ0) is 10.1. The molecule has 2 unspecified atom stereocenters. The molecule has 0 bridgehead atoms. The van der Waals surface area contributed by atoms with Gasteiger partial charge in [-0.25, -0.2) is 4.98 Å². The first-order valence-corrected chi connectivity index (χ1v) is 5.01. The van der Waals surface area contributed by atoms with Gasteiger partial charge in [0.15, 0.2) is 0 Å². The van der Waals surface area contributed by atoms with Crippen molar-refractivity contribution >= 4 is 0 Å². The number of rotatable bonds is 3. The van der Waals surface area contributed by atoms with Crippen molar-refractivity contribution in [3.05, 3.63) is 27.9 Å². The molecule has 1 fully saturated rings. The maximum absolute atomic E-state index is 11.3. The Balaban J connectivity index is 2.27. The molecular weight excluding hydrogens is 178 g/mol. The SMILES string of the molecule is CC1CC1c1nc(CCN)cc(=O)[nH]1. The third-order valence-corrected chi connectivity index (χ3v) is 2.67. The lowest BCUT2D eigenvalue weighted by Gasteiger charge is -2.01. The minimum atomic E-state index is -0.0578. The highest BCUT2D eigenvalue weighted by Crippen LogP contribution is 2.44. The highest BCUT2D eigenvalue weighted by molar-refractivity contribution is 5.12. The molecule has 3 N–H and O–H groups in total. The smallest absolute Gasteiger partial charge is 0.251 e. The van der Waals surface area contributed by atoms with Crippen molar-refractivity contribution in [3.8, 4) is 0 Å². The number of nitrogens with one attached hydrogen (secondary N) is 1. The Hall–Kier alpha value is -1.16. The fourth-order valence-corrected chi connectivity index (χ4v) is 1.68. The number of nitrogens with zero attached hydrogens (tertiary/aromatic N) is 1. The zero-order valence-electron chi connectivity index (χ0n) is 8.29.